The number of hydrogen-bond acceptors (Lipinski definition) is 6. The number of esters is 1. The Bertz CT molecular complexity index is 1190. The predicted octanol–water partition coefficient (Wildman–Crippen LogP) is 3.93. The van der Waals surface area contributed by atoms with E-state index in [1.165, 1.54) is 0 Å². The quantitative estimate of drug-likeness (QED) is 0.168. The molecule has 0 aliphatic rings. The number of nitrogens with zero attached hydrogens (tertiary/aromatic N) is 2. The summed E-state index contributed by atoms with van der Waals surface area (Å²) in [7, 11) is 0. The van der Waals surface area contributed by atoms with Gasteiger partial charge in [-0.3, -0.25) is 14.8 Å². The Kier molecular flexibility index (Phi) is 11.0. The van der Waals surface area contributed by atoms with Gasteiger partial charge < -0.3 is 14.6 Å². The van der Waals surface area contributed by atoms with Crippen LogP contribution in [0.25, 0.3) is 0 Å². The van der Waals surface area contributed by atoms with Gasteiger partial charge in [-0.15, -0.1) is 0 Å². The lowest BCUT2D eigenvalue weighted by molar-refractivity contribution is -0.133. The molecule has 0 fully saturated rings. The lowest BCUT2D eigenvalue weighted by Gasteiger charge is -2.17. The van der Waals surface area contributed by atoms with Crippen LogP contribution < -0.4 is 10.8 Å². The van der Waals surface area contributed by atoms with Crippen molar-refractivity contribution in [3.05, 3.63) is 89.0 Å². The molecule has 3 aromatic rings. The largest absolute Gasteiger partial charge is 0.462 e. The maximum atomic E-state index is 13.2. The number of carbonyl (C=O) groups is 3. The molecule has 0 aliphatic heterocycles. The summed E-state index contributed by atoms with van der Waals surface area (Å²) in [4.78, 5) is 42.1. The highest BCUT2D eigenvalue weighted by atomic mass is 16.5. The SMILES string of the molecule is CCCCc1ncc(C(=O)NCC(Cc2ccccc2)C(=O)NO)n1Cc1ccc(C(=O)OCCC)cc1. The number of nitrogens with one attached hydrogen (secondary N) is 2. The van der Waals surface area contributed by atoms with E-state index in [9.17, 15) is 19.6 Å². The number of hydrogen-bond donors (Lipinski definition) is 3. The Hall–Kier alpha value is -3.98. The Morgan fingerprint density at radius 2 is 1.74 bits per heavy atom. The monoisotopic (exact) mass is 520 g/mol. The van der Waals surface area contributed by atoms with Gasteiger partial charge >= 0.3 is 5.97 Å². The van der Waals surface area contributed by atoms with Crippen LogP contribution in [0.15, 0.2) is 60.8 Å². The fraction of sp³-hybridized carbons (Fsp3) is 0.379. The summed E-state index contributed by atoms with van der Waals surface area (Å²) < 4.78 is 7.06. The summed E-state index contributed by atoms with van der Waals surface area (Å²) in [5.74, 6) is -1.14. The van der Waals surface area contributed by atoms with Crippen LogP contribution in [0.1, 0.15) is 70.9 Å². The summed E-state index contributed by atoms with van der Waals surface area (Å²) in [5, 5.41) is 12.0. The van der Waals surface area contributed by atoms with Crippen molar-refractivity contribution >= 4 is 17.8 Å². The van der Waals surface area contributed by atoms with Gasteiger partial charge in [-0.05, 0) is 42.5 Å². The molecule has 1 heterocycles. The van der Waals surface area contributed by atoms with E-state index in [1.807, 2.05) is 54.0 Å². The van der Waals surface area contributed by atoms with Crippen molar-refractivity contribution in [1.29, 1.82) is 0 Å². The number of benzene rings is 2. The summed E-state index contributed by atoms with van der Waals surface area (Å²) in [6.45, 7) is 4.86. The highest BCUT2D eigenvalue weighted by Gasteiger charge is 2.22. The summed E-state index contributed by atoms with van der Waals surface area (Å²) in [5.41, 5.74) is 4.39. The molecule has 202 valence electrons. The molecular formula is C29H36N4O5. The van der Waals surface area contributed by atoms with Crippen LogP contribution in [0.2, 0.25) is 0 Å². The smallest absolute Gasteiger partial charge is 0.338 e. The number of aryl methyl sites for hydroxylation is 1. The Labute approximate surface area is 223 Å². The number of imidazole rings is 1. The van der Waals surface area contributed by atoms with Crippen molar-refractivity contribution in [3.8, 4) is 0 Å². The third kappa shape index (κ3) is 8.01. The zero-order valence-corrected chi connectivity index (χ0v) is 22.0. The zero-order chi connectivity index (χ0) is 27.3. The number of rotatable bonds is 14. The average molecular weight is 521 g/mol. The number of hydroxylamine groups is 1. The van der Waals surface area contributed by atoms with Gasteiger partial charge in [0.2, 0.25) is 5.91 Å². The van der Waals surface area contributed by atoms with Gasteiger partial charge in [0.15, 0.2) is 0 Å². The minimum Gasteiger partial charge on any atom is -0.462 e. The maximum absolute atomic E-state index is 13.2. The third-order valence-electron chi connectivity index (χ3n) is 6.21. The number of aromatic nitrogens is 2. The van der Waals surface area contributed by atoms with Gasteiger partial charge in [0.05, 0.1) is 24.3 Å². The van der Waals surface area contributed by atoms with Gasteiger partial charge in [0, 0.05) is 19.5 Å². The molecule has 38 heavy (non-hydrogen) atoms. The van der Waals surface area contributed by atoms with Crippen LogP contribution in [0.3, 0.4) is 0 Å². The first-order valence-electron chi connectivity index (χ1n) is 13.0. The molecule has 1 unspecified atom stereocenters. The second kappa shape index (κ2) is 14.7. The van der Waals surface area contributed by atoms with E-state index < -0.39 is 11.8 Å². The Balaban J connectivity index is 1.75. The standard InChI is InChI=1S/C29H36N4O5/c1-3-5-11-26-30-19-25(33(26)20-22-12-14-23(15-13-22)29(36)38-16-4-2)28(35)31-18-24(27(34)32-37)17-21-9-7-6-8-10-21/h6-10,12-15,19,24,37H,3-5,11,16-18,20H2,1-2H3,(H,31,35)(H,32,34). The molecule has 9 heteroatoms. The molecule has 2 aromatic carbocycles. The molecule has 3 N–H and O–H groups in total. The topological polar surface area (TPSA) is 123 Å². The Morgan fingerprint density at radius 3 is 2.39 bits per heavy atom. The minimum absolute atomic E-state index is 0.0458. The van der Waals surface area contributed by atoms with E-state index in [1.54, 1.807) is 23.8 Å². The fourth-order valence-electron chi connectivity index (χ4n) is 4.07. The first-order chi connectivity index (χ1) is 18.5. The molecule has 3 rings (SSSR count). The lowest BCUT2D eigenvalue weighted by Crippen LogP contribution is -2.39. The highest BCUT2D eigenvalue weighted by molar-refractivity contribution is 5.93. The van der Waals surface area contributed by atoms with Crippen molar-refractivity contribution in [2.24, 2.45) is 5.92 Å². The van der Waals surface area contributed by atoms with E-state index >= 15 is 0 Å². The van der Waals surface area contributed by atoms with Gasteiger partial charge in [0.25, 0.3) is 5.91 Å². The molecule has 0 bridgehead atoms. The molecule has 0 radical (unpaired) electrons. The predicted molar refractivity (Wildman–Crippen MR) is 143 cm³/mol. The molecule has 0 saturated carbocycles. The van der Waals surface area contributed by atoms with Crippen molar-refractivity contribution in [2.45, 2.75) is 52.5 Å². The van der Waals surface area contributed by atoms with Gasteiger partial charge in [-0.2, -0.15) is 0 Å². The first-order valence-corrected chi connectivity index (χ1v) is 13.0. The third-order valence-corrected chi connectivity index (χ3v) is 6.21. The second-order valence-corrected chi connectivity index (χ2v) is 9.15. The summed E-state index contributed by atoms with van der Waals surface area (Å²) in [6.07, 6.45) is 5.30. The van der Waals surface area contributed by atoms with Gasteiger partial charge in [-0.25, -0.2) is 15.3 Å². The highest BCUT2D eigenvalue weighted by Crippen LogP contribution is 2.15. The Morgan fingerprint density at radius 1 is 1.00 bits per heavy atom. The fourth-order valence-corrected chi connectivity index (χ4v) is 4.07. The van der Waals surface area contributed by atoms with Crippen LogP contribution in [0.5, 0.6) is 0 Å². The molecule has 0 aliphatic carbocycles. The van der Waals surface area contributed by atoms with E-state index in [0.29, 0.717) is 30.8 Å². The minimum atomic E-state index is -0.651. The van der Waals surface area contributed by atoms with E-state index in [0.717, 1.165) is 42.6 Å². The number of ether oxygens (including phenoxy) is 1. The molecule has 1 atom stereocenters. The summed E-state index contributed by atoms with van der Waals surface area (Å²) >= 11 is 0. The molecule has 2 amide bonds. The molecular weight excluding hydrogens is 484 g/mol. The van der Waals surface area contributed by atoms with E-state index in [-0.39, 0.29) is 18.4 Å². The normalized spacial score (nSPS) is 11.6. The van der Waals surface area contributed by atoms with Crippen LogP contribution in [-0.4, -0.2) is 45.7 Å². The average Bonchev–Trinajstić information content (AvgIpc) is 3.35. The molecule has 0 spiro atoms. The van der Waals surface area contributed by atoms with Crippen LogP contribution in [-0.2, 0) is 28.9 Å². The van der Waals surface area contributed by atoms with Gasteiger partial charge in [0.1, 0.15) is 11.5 Å². The first kappa shape index (κ1) is 28.6. The van der Waals surface area contributed by atoms with E-state index in [4.69, 9.17) is 4.74 Å². The van der Waals surface area contributed by atoms with Crippen LogP contribution >= 0.6 is 0 Å². The van der Waals surface area contributed by atoms with E-state index in [2.05, 4.69) is 17.2 Å². The molecule has 9 nitrogen and oxygen atoms in total. The van der Waals surface area contributed by atoms with Crippen LogP contribution in [0, 0.1) is 5.92 Å². The molecule has 1 aromatic heterocycles. The van der Waals surface area contributed by atoms with Gasteiger partial charge in [-0.1, -0.05) is 62.7 Å². The summed E-state index contributed by atoms with van der Waals surface area (Å²) in [6, 6.07) is 16.5. The van der Waals surface area contributed by atoms with Crippen LogP contribution in [0.4, 0.5) is 0 Å². The number of amides is 2. The lowest BCUT2D eigenvalue weighted by atomic mass is 9.98. The maximum Gasteiger partial charge on any atom is 0.338 e. The van der Waals surface area contributed by atoms with Crippen molar-refractivity contribution in [3.63, 3.8) is 0 Å². The second-order valence-electron chi connectivity index (χ2n) is 9.15. The van der Waals surface area contributed by atoms with Crippen molar-refractivity contribution in [2.75, 3.05) is 13.2 Å². The number of unbranched alkanes of at least 4 members (excludes halogenated alkanes) is 1. The van der Waals surface area contributed by atoms with Crippen molar-refractivity contribution < 1.29 is 24.3 Å². The van der Waals surface area contributed by atoms with Crippen molar-refractivity contribution in [1.82, 2.24) is 20.3 Å². The number of carbonyl (C=O) groups excluding carboxylic acids is 3. The molecule has 0 saturated heterocycles. The zero-order valence-electron chi connectivity index (χ0n) is 22.0.